The van der Waals surface area contributed by atoms with E-state index >= 15 is 0 Å². The van der Waals surface area contributed by atoms with E-state index in [1.54, 1.807) is 0 Å². The van der Waals surface area contributed by atoms with Gasteiger partial charge >= 0.3 is 23.9 Å². The molecule has 0 radical (unpaired) electrons. The quantitative estimate of drug-likeness (QED) is 0.0254. The first-order valence-electron chi connectivity index (χ1n) is 25.0. The summed E-state index contributed by atoms with van der Waals surface area (Å²) in [6.45, 7) is 12.6. The minimum Gasteiger partial charge on any atom is -0.756 e. The minimum atomic E-state index is -5.08. The highest BCUT2D eigenvalue weighted by atomic mass is 31.2. The molecule has 63 heavy (non-hydrogen) atoms. The van der Waals surface area contributed by atoms with Gasteiger partial charge in [-0.05, 0) is 37.8 Å². The first-order chi connectivity index (χ1) is 30.3. The molecule has 0 rings (SSSR count). The highest BCUT2D eigenvalue weighted by Gasteiger charge is 2.24. The number of ether oxygens (including phenoxy) is 4. The number of esters is 4. The second kappa shape index (κ2) is 42.5. The topological polar surface area (TPSA) is 188 Å². The molecule has 14 nitrogen and oxygen atoms in total. The van der Waals surface area contributed by atoms with E-state index in [1.165, 1.54) is 89.9 Å². The lowest BCUT2D eigenvalue weighted by atomic mass is 10.1. The smallest absolute Gasteiger partial charge is 0.307 e. The average Bonchev–Trinajstić information content (AvgIpc) is 3.24. The van der Waals surface area contributed by atoms with Gasteiger partial charge in [-0.15, -0.1) is 0 Å². The van der Waals surface area contributed by atoms with E-state index in [-0.39, 0.29) is 32.3 Å². The van der Waals surface area contributed by atoms with Crippen LogP contribution in [0.25, 0.3) is 0 Å². The molecule has 0 aliphatic carbocycles. The van der Waals surface area contributed by atoms with Crippen molar-refractivity contribution in [1.29, 1.82) is 0 Å². The van der Waals surface area contributed by atoms with Crippen LogP contribution in [-0.4, -0.2) is 88.7 Å². The Kier molecular flexibility index (Phi) is 41.1. The molecule has 372 valence electrons. The van der Waals surface area contributed by atoms with Crippen LogP contribution >= 0.6 is 7.82 Å². The van der Waals surface area contributed by atoms with Crippen LogP contribution in [0.1, 0.15) is 208 Å². The molecule has 0 saturated heterocycles. The number of unbranched alkanes of at least 4 members (excludes halogenated alkanes) is 20. The second-order valence-electron chi connectivity index (χ2n) is 17.9. The molecular formula is C48H92N2O12P-. The zero-order valence-electron chi connectivity index (χ0n) is 40.7. The molecule has 0 fully saturated rings. The summed E-state index contributed by atoms with van der Waals surface area (Å²) in [5.74, 6) is -1.40. The summed E-state index contributed by atoms with van der Waals surface area (Å²) < 4.78 is 44.9. The van der Waals surface area contributed by atoms with Gasteiger partial charge in [0.2, 0.25) is 0 Å². The Balaban J connectivity index is 5.21. The van der Waals surface area contributed by atoms with Gasteiger partial charge in [-0.2, -0.15) is 0 Å². The monoisotopic (exact) mass is 920 g/mol. The number of carbonyl (C=O) groups is 4. The Morgan fingerprint density at radius 1 is 0.444 bits per heavy atom. The van der Waals surface area contributed by atoms with E-state index in [2.05, 4.69) is 24.5 Å². The summed E-state index contributed by atoms with van der Waals surface area (Å²) in [5.41, 5.74) is 0. The molecule has 0 aromatic heterocycles. The number of carbonyl (C=O) groups excluding carboxylic acids is 4. The third-order valence-electron chi connectivity index (χ3n) is 10.4. The summed E-state index contributed by atoms with van der Waals surface area (Å²) in [5, 5.41) is 6.29. The van der Waals surface area contributed by atoms with Crippen LogP contribution in [0.3, 0.4) is 0 Å². The zero-order chi connectivity index (χ0) is 46.8. The first kappa shape index (κ1) is 60.9. The number of nitrogens with one attached hydrogen (secondary N) is 2. The molecule has 0 saturated carbocycles. The number of phosphoric ester groups is 1. The first-order valence-corrected chi connectivity index (χ1v) is 26.5. The van der Waals surface area contributed by atoms with E-state index in [4.69, 9.17) is 28.0 Å². The number of hydrogen-bond donors (Lipinski definition) is 2. The van der Waals surface area contributed by atoms with Crippen molar-refractivity contribution < 1.29 is 56.6 Å². The fraction of sp³-hybridized carbons (Fsp3) is 0.917. The van der Waals surface area contributed by atoms with Crippen molar-refractivity contribution in [3.8, 4) is 0 Å². The van der Waals surface area contributed by atoms with Gasteiger partial charge in [0, 0.05) is 25.9 Å². The summed E-state index contributed by atoms with van der Waals surface area (Å²) in [7, 11) is -5.08. The SMILES string of the molecule is CCCCCCCCCCCCCC(=O)OC[C@H](COP(=O)([O-])OCC(COC(=O)CCNCC(C)C)OC(=O)CCNCC(C)C)OC(=O)CCCCCCCCCCCCC. The fourth-order valence-electron chi connectivity index (χ4n) is 6.65. The van der Waals surface area contributed by atoms with Crippen molar-refractivity contribution in [3.63, 3.8) is 0 Å². The van der Waals surface area contributed by atoms with Crippen molar-refractivity contribution >= 4 is 31.7 Å². The van der Waals surface area contributed by atoms with Gasteiger partial charge in [-0.3, -0.25) is 23.7 Å². The van der Waals surface area contributed by atoms with E-state index in [1.807, 2.05) is 27.7 Å². The lowest BCUT2D eigenvalue weighted by Gasteiger charge is -2.27. The molecular weight excluding hydrogens is 828 g/mol. The van der Waals surface area contributed by atoms with Gasteiger partial charge < -0.3 is 43.5 Å². The van der Waals surface area contributed by atoms with Crippen LogP contribution in [0.4, 0.5) is 0 Å². The summed E-state index contributed by atoms with van der Waals surface area (Å²) in [4.78, 5) is 63.5. The average molecular weight is 920 g/mol. The normalized spacial score (nSPS) is 13.5. The predicted octanol–water partition coefficient (Wildman–Crippen LogP) is 10.1. The van der Waals surface area contributed by atoms with E-state index in [0.29, 0.717) is 44.3 Å². The molecule has 0 aliphatic rings. The molecule has 0 bridgehead atoms. The molecule has 0 aliphatic heterocycles. The van der Waals surface area contributed by atoms with Crippen LogP contribution < -0.4 is 15.5 Å². The zero-order valence-corrected chi connectivity index (χ0v) is 41.6. The maximum atomic E-state index is 13.0. The third kappa shape index (κ3) is 43.6. The molecule has 0 aromatic rings. The summed E-state index contributed by atoms with van der Waals surface area (Å²) in [6.07, 6.45) is 23.0. The molecule has 2 N–H and O–H groups in total. The van der Waals surface area contributed by atoms with Crippen molar-refractivity contribution in [2.75, 3.05) is 52.6 Å². The van der Waals surface area contributed by atoms with Gasteiger partial charge in [0.1, 0.15) is 13.2 Å². The fourth-order valence-corrected chi connectivity index (χ4v) is 7.43. The maximum Gasteiger partial charge on any atom is 0.307 e. The minimum absolute atomic E-state index is 0.00599. The molecule has 0 amide bonds. The van der Waals surface area contributed by atoms with Crippen LogP contribution in [-0.2, 0) is 51.7 Å². The highest BCUT2D eigenvalue weighted by Crippen LogP contribution is 2.39. The largest absolute Gasteiger partial charge is 0.756 e. The highest BCUT2D eigenvalue weighted by molar-refractivity contribution is 7.45. The van der Waals surface area contributed by atoms with Gasteiger partial charge in [-0.1, -0.05) is 170 Å². The van der Waals surface area contributed by atoms with Crippen LogP contribution in [0, 0.1) is 11.8 Å². The van der Waals surface area contributed by atoms with Crippen molar-refractivity contribution in [1.82, 2.24) is 10.6 Å². The Hall–Kier alpha value is -2.09. The molecule has 0 spiro atoms. The number of hydrogen-bond acceptors (Lipinski definition) is 14. The van der Waals surface area contributed by atoms with Gasteiger partial charge in [0.05, 0.1) is 26.1 Å². The number of rotatable bonds is 46. The van der Waals surface area contributed by atoms with Crippen molar-refractivity contribution in [2.24, 2.45) is 11.8 Å². The second-order valence-corrected chi connectivity index (χ2v) is 19.3. The van der Waals surface area contributed by atoms with E-state index < -0.39 is 63.7 Å². The van der Waals surface area contributed by atoms with Crippen LogP contribution in [0.5, 0.6) is 0 Å². The van der Waals surface area contributed by atoms with Crippen molar-refractivity contribution in [2.45, 2.75) is 221 Å². The van der Waals surface area contributed by atoms with Crippen molar-refractivity contribution in [3.05, 3.63) is 0 Å². The standard InChI is InChI=1S/C48H93N2O12P/c1-7-9-11-13-15-17-19-21-23-25-27-29-45(51)57-37-43(61-47(53)30-28-26-24-22-20-18-16-14-12-10-8-2)39-59-63(55,56)60-40-44(62-48(54)32-34-50-36-42(5)6)38-58-46(52)31-33-49-35-41(3)4/h41-44,49-50H,7-40H2,1-6H3,(H,55,56)/p-1/t43-,44?/m1/s1. The Labute approximate surface area is 383 Å². The molecule has 15 heteroatoms. The number of phosphoric acid groups is 1. The van der Waals surface area contributed by atoms with E-state index in [0.717, 1.165) is 45.1 Å². The molecule has 0 aromatic carbocycles. The van der Waals surface area contributed by atoms with Crippen LogP contribution in [0.2, 0.25) is 0 Å². The van der Waals surface area contributed by atoms with Gasteiger partial charge in [0.25, 0.3) is 7.82 Å². The lowest BCUT2D eigenvalue weighted by Crippen LogP contribution is -2.33. The van der Waals surface area contributed by atoms with E-state index in [9.17, 15) is 28.6 Å². The molecule has 0 heterocycles. The Morgan fingerprint density at radius 3 is 1.11 bits per heavy atom. The Morgan fingerprint density at radius 2 is 0.746 bits per heavy atom. The van der Waals surface area contributed by atoms with Gasteiger partial charge in [-0.25, -0.2) is 0 Å². The van der Waals surface area contributed by atoms with Gasteiger partial charge in [0.15, 0.2) is 12.2 Å². The summed E-state index contributed by atoms with van der Waals surface area (Å²) >= 11 is 0. The lowest BCUT2D eigenvalue weighted by molar-refractivity contribution is -0.231. The predicted molar refractivity (Wildman–Crippen MR) is 248 cm³/mol. The summed E-state index contributed by atoms with van der Waals surface area (Å²) in [6, 6.07) is 0. The maximum absolute atomic E-state index is 13.0. The van der Waals surface area contributed by atoms with Crippen LogP contribution in [0.15, 0.2) is 0 Å². The molecule has 3 atom stereocenters. The Bertz CT molecular complexity index is 1170. The molecule has 2 unspecified atom stereocenters. The third-order valence-corrected chi connectivity index (χ3v) is 11.3.